The molecule has 0 bridgehead atoms. The molecule has 1 aliphatic rings. The van der Waals surface area contributed by atoms with E-state index in [1.54, 1.807) is 18.6 Å². The molecule has 51 heavy (non-hydrogen) atoms. The summed E-state index contributed by atoms with van der Waals surface area (Å²) in [5, 5.41) is 3.03. The molecule has 3 aromatic rings. The second kappa shape index (κ2) is 20.4. The van der Waals surface area contributed by atoms with Gasteiger partial charge in [0.25, 0.3) is 0 Å². The van der Waals surface area contributed by atoms with Crippen LogP contribution in [0, 0.1) is 17.8 Å². The minimum Gasteiger partial charge on any atom is -0.352 e. The number of carbonyl (C=O) groups is 4. The molecule has 1 fully saturated rings. The van der Waals surface area contributed by atoms with Crippen LogP contribution >= 0.6 is 0 Å². The van der Waals surface area contributed by atoms with E-state index >= 15 is 0 Å². The Hall–Kier alpha value is -4.48. The van der Waals surface area contributed by atoms with Crippen molar-refractivity contribution in [3.05, 3.63) is 90.4 Å². The summed E-state index contributed by atoms with van der Waals surface area (Å²) in [6.45, 7) is 6.79. The lowest BCUT2D eigenvalue weighted by molar-refractivity contribution is -0.139. The van der Waals surface area contributed by atoms with Crippen molar-refractivity contribution in [1.29, 1.82) is 0 Å². The van der Waals surface area contributed by atoms with Gasteiger partial charge in [-0.25, -0.2) is 4.98 Å². The molecule has 274 valence electrons. The monoisotopic (exact) mass is 697 g/mol. The van der Waals surface area contributed by atoms with Crippen LogP contribution in [0.15, 0.2) is 79.3 Å². The van der Waals surface area contributed by atoms with Crippen molar-refractivity contribution < 1.29 is 19.2 Å². The zero-order chi connectivity index (χ0) is 36.6. The Morgan fingerprint density at radius 3 is 2.02 bits per heavy atom. The van der Waals surface area contributed by atoms with Crippen LogP contribution in [0.5, 0.6) is 0 Å². The first-order chi connectivity index (χ1) is 24.6. The number of anilines is 1. The van der Waals surface area contributed by atoms with E-state index in [1.807, 2.05) is 79.4 Å². The third-order valence-corrected chi connectivity index (χ3v) is 9.54. The van der Waals surface area contributed by atoms with Crippen LogP contribution in [0.4, 0.5) is 5.82 Å². The predicted molar refractivity (Wildman–Crippen MR) is 200 cm³/mol. The van der Waals surface area contributed by atoms with Gasteiger partial charge in [-0.1, -0.05) is 80.9 Å². The zero-order valence-corrected chi connectivity index (χ0v) is 30.2. The molecule has 2 aromatic carbocycles. The Balaban J connectivity index is 1.45. The minimum absolute atomic E-state index is 0.0235. The highest BCUT2D eigenvalue weighted by Crippen LogP contribution is 2.23. The van der Waals surface area contributed by atoms with Crippen molar-refractivity contribution in [1.82, 2.24) is 20.2 Å². The van der Waals surface area contributed by atoms with E-state index in [1.165, 1.54) is 0 Å². The molecule has 2 amide bonds. The molecule has 1 aromatic heterocycles. The first kappa shape index (κ1) is 39.3. The first-order valence-corrected chi connectivity index (χ1v) is 18.3. The molecule has 0 aliphatic carbocycles. The van der Waals surface area contributed by atoms with E-state index in [-0.39, 0.29) is 42.1 Å². The summed E-state index contributed by atoms with van der Waals surface area (Å²) >= 11 is 0. The number of ketones is 2. The lowest BCUT2D eigenvalue weighted by atomic mass is 9.87. The van der Waals surface area contributed by atoms with Gasteiger partial charge in [-0.2, -0.15) is 0 Å². The second-order valence-electron chi connectivity index (χ2n) is 14.1. The van der Waals surface area contributed by atoms with Gasteiger partial charge in [-0.15, -0.1) is 0 Å². The topological polar surface area (TPSA) is 165 Å². The van der Waals surface area contributed by atoms with Crippen LogP contribution in [0.2, 0.25) is 0 Å². The number of aromatic nitrogens is 2. The predicted octanol–water partition coefficient (Wildman–Crippen LogP) is 3.75. The van der Waals surface area contributed by atoms with Gasteiger partial charge >= 0.3 is 0 Å². The number of carbonyl (C=O) groups excluding carboxylic acids is 4. The molecule has 0 unspecified atom stereocenters. The molecule has 2 heterocycles. The third-order valence-electron chi connectivity index (χ3n) is 9.54. The van der Waals surface area contributed by atoms with Crippen LogP contribution in [-0.4, -0.2) is 83.1 Å². The van der Waals surface area contributed by atoms with Crippen molar-refractivity contribution in [3.63, 3.8) is 0 Å². The Kier molecular flexibility index (Phi) is 15.7. The van der Waals surface area contributed by atoms with Crippen LogP contribution < -0.4 is 21.7 Å². The standard InChI is InChI=1S/C40H55N7O4/c1-29(2)23-35(37(49)26-32(15-9-10-16-41)40(51)47-21-19-46(20-22-47)38-28-43-17-18-44-38)45-39(50)33(24-30-11-5-3-6-12-30)27-36(48)34(42)25-31-13-7-4-8-14-31/h3-8,11-14,17-18,28-29,32-35H,9-10,15-16,19-27,41-42H2,1-2H3,(H,45,50)/t32-,33-,34+,35+/m0/s1. The van der Waals surface area contributed by atoms with E-state index in [2.05, 4.69) is 20.2 Å². The Labute approximate surface area is 302 Å². The Bertz CT molecular complexity index is 1520. The van der Waals surface area contributed by atoms with E-state index in [0.29, 0.717) is 58.4 Å². The van der Waals surface area contributed by atoms with Gasteiger partial charge in [-0.3, -0.25) is 24.2 Å². The maximum atomic E-state index is 14.1. The molecular weight excluding hydrogens is 642 g/mol. The fourth-order valence-corrected chi connectivity index (χ4v) is 6.67. The highest BCUT2D eigenvalue weighted by Gasteiger charge is 2.34. The average Bonchev–Trinajstić information content (AvgIpc) is 3.14. The number of Topliss-reactive ketones (excluding diaryl/α,β-unsaturated/α-hetero) is 2. The van der Waals surface area contributed by atoms with Gasteiger partial charge in [0.15, 0.2) is 11.6 Å². The smallest absolute Gasteiger partial charge is 0.226 e. The number of rotatable bonds is 20. The number of piperazine rings is 1. The minimum atomic E-state index is -0.790. The van der Waals surface area contributed by atoms with Crippen LogP contribution in [0.1, 0.15) is 63.5 Å². The van der Waals surface area contributed by atoms with E-state index < -0.39 is 23.9 Å². The maximum absolute atomic E-state index is 14.1. The summed E-state index contributed by atoms with van der Waals surface area (Å²) in [6, 6.07) is 17.6. The van der Waals surface area contributed by atoms with Gasteiger partial charge in [0.05, 0.1) is 18.3 Å². The third kappa shape index (κ3) is 12.7. The molecular formula is C40H55N7O4. The van der Waals surface area contributed by atoms with E-state index in [4.69, 9.17) is 11.5 Å². The highest BCUT2D eigenvalue weighted by molar-refractivity contribution is 5.94. The summed E-state index contributed by atoms with van der Waals surface area (Å²) in [5.74, 6) is -1.13. The van der Waals surface area contributed by atoms with E-state index in [9.17, 15) is 19.2 Å². The normalized spacial score (nSPS) is 15.5. The Morgan fingerprint density at radius 1 is 0.804 bits per heavy atom. The lowest BCUT2D eigenvalue weighted by Gasteiger charge is -2.37. The lowest BCUT2D eigenvalue weighted by Crippen LogP contribution is -2.51. The van der Waals surface area contributed by atoms with Crippen LogP contribution in [0.3, 0.4) is 0 Å². The van der Waals surface area contributed by atoms with Crippen molar-refractivity contribution in [2.24, 2.45) is 29.2 Å². The molecule has 4 rings (SSSR count). The maximum Gasteiger partial charge on any atom is 0.226 e. The molecule has 11 heteroatoms. The van der Waals surface area contributed by atoms with Crippen LogP contribution in [-0.2, 0) is 32.0 Å². The van der Waals surface area contributed by atoms with Gasteiger partial charge in [0.2, 0.25) is 11.8 Å². The van der Waals surface area contributed by atoms with Crippen molar-refractivity contribution >= 4 is 29.2 Å². The summed E-state index contributed by atoms with van der Waals surface area (Å²) in [4.78, 5) is 67.9. The number of amides is 2. The van der Waals surface area contributed by atoms with Gasteiger partial charge < -0.3 is 26.6 Å². The number of nitrogens with zero attached hydrogens (tertiary/aromatic N) is 4. The fourth-order valence-electron chi connectivity index (χ4n) is 6.67. The number of nitrogens with two attached hydrogens (primary N) is 2. The molecule has 0 saturated carbocycles. The quantitative estimate of drug-likeness (QED) is 0.149. The molecule has 1 saturated heterocycles. The zero-order valence-electron chi connectivity index (χ0n) is 30.2. The molecule has 11 nitrogen and oxygen atoms in total. The summed E-state index contributed by atoms with van der Waals surface area (Å²) in [7, 11) is 0. The molecule has 0 radical (unpaired) electrons. The molecule has 4 atom stereocenters. The SMILES string of the molecule is CC(C)C[C@@H](NC(=O)[C@H](CC(=O)[C@H](N)Cc1ccccc1)Cc1ccccc1)C(=O)C[C@H](CCCCN)C(=O)N1CCN(c2cnccn2)CC1. The van der Waals surface area contributed by atoms with Crippen molar-refractivity contribution in [2.45, 2.75) is 77.3 Å². The highest BCUT2D eigenvalue weighted by atomic mass is 16.2. The van der Waals surface area contributed by atoms with Gasteiger partial charge in [-0.05, 0) is 55.7 Å². The number of hydrogen-bond donors (Lipinski definition) is 3. The van der Waals surface area contributed by atoms with Crippen molar-refractivity contribution in [3.8, 4) is 0 Å². The number of unbranched alkanes of at least 4 members (excludes halogenated alkanes) is 1. The molecule has 1 aliphatic heterocycles. The largest absolute Gasteiger partial charge is 0.352 e. The molecule has 0 spiro atoms. The summed E-state index contributed by atoms with van der Waals surface area (Å²) in [5.41, 5.74) is 14.0. The number of hydrogen-bond acceptors (Lipinski definition) is 9. The van der Waals surface area contributed by atoms with Gasteiger partial charge in [0.1, 0.15) is 5.82 Å². The van der Waals surface area contributed by atoms with Gasteiger partial charge in [0, 0.05) is 63.3 Å². The average molecular weight is 698 g/mol. The first-order valence-electron chi connectivity index (χ1n) is 18.3. The second-order valence-corrected chi connectivity index (χ2v) is 14.1. The molecule has 5 N–H and O–H groups in total. The number of nitrogens with one attached hydrogen (secondary N) is 1. The van der Waals surface area contributed by atoms with Crippen molar-refractivity contribution in [2.75, 3.05) is 37.6 Å². The number of benzene rings is 2. The Morgan fingerprint density at radius 2 is 1.43 bits per heavy atom. The fraction of sp³-hybridized carbons (Fsp3) is 0.500. The van der Waals surface area contributed by atoms with Crippen LogP contribution in [0.25, 0.3) is 0 Å². The van der Waals surface area contributed by atoms with E-state index in [0.717, 1.165) is 29.8 Å². The summed E-state index contributed by atoms with van der Waals surface area (Å²) in [6.07, 6.45) is 8.14. The summed E-state index contributed by atoms with van der Waals surface area (Å²) < 4.78 is 0.